The molecule has 0 radical (unpaired) electrons. The lowest BCUT2D eigenvalue weighted by Gasteiger charge is -2.31. The molecule has 0 aliphatic carbocycles. The first-order chi connectivity index (χ1) is 10.5. The van der Waals surface area contributed by atoms with Crippen molar-refractivity contribution in [3.63, 3.8) is 0 Å². The minimum Gasteiger partial charge on any atom is -0.298 e. The van der Waals surface area contributed by atoms with E-state index < -0.39 is 27.0 Å². The topological polar surface area (TPSA) is 66.8 Å². The van der Waals surface area contributed by atoms with Gasteiger partial charge in [-0.1, -0.05) is 17.7 Å². The highest BCUT2D eigenvalue weighted by Gasteiger charge is 2.51. The van der Waals surface area contributed by atoms with Crippen LogP contribution in [0.15, 0.2) is 34.2 Å². The minimum absolute atomic E-state index is 0.122. The highest BCUT2D eigenvalue weighted by atomic mass is 35.5. The molecule has 2 unspecified atom stereocenters. The zero-order valence-electron chi connectivity index (χ0n) is 13.9. The Kier molecular flexibility index (Phi) is 4.61. The Hall–Kier alpha value is -1.40. The monoisotopic (exact) mass is 356 g/mol. The first-order valence-corrected chi connectivity index (χ1v) is 9.21. The lowest BCUT2D eigenvalue weighted by atomic mass is 9.94. The maximum atomic E-state index is 13.1. The Morgan fingerprint density at radius 3 is 2.26 bits per heavy atom. The Morgan fingerprint density at radius 2 is 1.83 bits per heavy atom. The molecule has 1 heterocycles. The number of rotatable bonds is 4. The summed E-state index contributed by atoms with van der Waals surface area (Å²) in [6.07, 6.45) is 0. The number of aryl methyl sites for hydroxylation is 1. The Morgan fingerprint density at radius 1 is 1.30 bits per heavy atom. The third kappa shape index (κ3) is 3.15. The van der Waals surface area contributed by atoms with Gasteiger partial charge in [0.15, 0.2) is 5.78 Å². The number of Topliss-reactive ketones (excluding diaryl/α,β-unsaturated/α-hetero) is 1. The van der Waals surface area contributed by atoms with Gasteiger partial charge in [0.25, 0.3) is 10.0 Å². The summed E-state index contributed by atoms with van der Waals surface area (Å²) in [5, 5.41) is -0.626. The quantitative estimate of drug-likeness (QED) is 0.779. The summed E-state index contributed by atoms with van der Waals surface area (Å²) in [5.41, 5.74) is 0.0932. The number of alkyl halides is 1. The van der Waals surface area contributed by atoms with Gasteiger partial charge in [-0.15, -0.1) is 11.6 Å². The summed E-state index contributed by atoms with van der Waals surface area (Å²) in [6.45, 7) is 8.38. The molecule has 1 aliphatic rings. The highest BCUT2D eigenvalue weighted by Crippen LogP contribution is 2.35. The number of nitrogens with zero attached hydrogens (tertiary/aromatic N) is 2. The van der Waals surface area contributed by atoms with E-state index in [2.05, 4.69) is 4.99 Å². The largest absolute Gasteiger partial charge is 0.298 e. The fraction of sp³-hybridized carbons (Fsp3) is 0.500. The summed E-state index contributed by atoms with van der Waals surface area (Å²) >= 11 is 6.15. The van der Waals surface area contributed by atoms with Gasteiger partial charge in [-0.25, -0.2) is 12.7 Å². The molecule has 0 saturated heterocycles. The molecule has 23 heavy (non-hydrogen) atoms. The van der Waals surface area contributed by atoms with E-state index in [9.17, 15) is 13.2 Å². The predicted molar refractivity (Wildman–Crippen MR) is 91.5 cm³/mol. The fourth-order valence-electron chi connectivity index (χ4n) is 2.84. The predicted octanol–water partition coefficient (Wildman–Crippen LogP) is 2.76. The van der Waals surface area contributed by atoms with Crippen LogP contribution >= 0.6 is 11.6 Å². The highest BCUT2D eigenvalue weighted by molar-refractivity contribution is 7.89. The van der Waals surface area contributed by atoms with Crippen molar-refractivity contribution in [3.05, 3.63) is 29.8 Å². The minimum atomic E-state index is -3.92. The van der Waals surface area contributed by atoms with Gasteiger partial charge in [0.05, 0.1) is 15.8 Å². The van der Waals surface area contributed by atoms with Gasteiger partial charge >= 0.3 is 0 Å². The lowest BCUT2D eigenvalue weighted by Crippen LogP contribution is -2.52. The second-order valence-electron chi connectivity index (χ2n) is 6.37. The molecule has 0 aromatic heterocycles. The molecule has 1 aromatic carbocycles. The molecule has 0 spiro atoms. The van der Waals surface area contributed by atoms with Gasteiger partial charge in [-0.2, -0.15) is 0 Å². The van der Waals surface area contributed by atoms with E-state index in [1.807, 2.05) is 6.92 Å². The molecule has 1 aromatic rings. The molecule has 0 fully saturated rings. The van der Waals surface area contributed by atoms with Crippen molar-refractivity contribution in [2.45, 2.75) is 56.5 Å². The summed E-state index contributed by atoms with van der Waals surface area (Å²) in [6, 6.07) is 5.60. The van der Waals surface area contributed by atoms with Crippen molar-refractivity contribution >= 4 is 33.2 Å². The summed E-state index contributed by atoms with van der Waals surface area (Å²) in [5.74, 6) is -0.0563. The first-order valence-electron chi connectivity index (χ1n) is 7.34. The number of ketones is 1. The van der Waals surface area contributed by atoms with Crippen LogP contribution in [0.5, 0.6) is 0 Å². The zero-order chi connectivity index (χ0) is 17.6. The van der Waals surface area contributed by atoms with E-state index in [1.165, 1.54) is 19.1 Å². The van der Waals surface area contributed by atoms with Gasteiger partial charge in [0, 0.05) is 0 Å². The fourth-order valence-corrected chi connectivity index (χ4v) is 4.89. The molecule has 0 saturated carbocycles. The summed E-state index contributed by atoms with van der Waals surface area (Å²) in [7, 11) is -3.92. The van der Waals surface area contributed by atoms with Crippen LogP contribution in [0.3, 0.4) is 0 Å². The second kappa shape index (κ2) is 5.91. The van der Waals surface area contributed by atoms with E-state index in [4.69, 9.17) is 11.6 Å². The number of sulfonamides is 1. The molecule has 0 N–H and O–H groups in total. The average molecular weight is 357 g/mol. The first kappa shape index (κ1) is 17.9. The average Bonchev–Trinajstić information content (AvgIpc) is 2.72. The van der Waals surface area contributed by atoms with Crippen molar-refractivity contribution in [1.82, 2.24) is 4.31 Å². The Balaban J connectivity index is 2.63. The maximum absolute atomic E-state index is 13.1. The summed E-state index contributed by atoms with van der Waals surface area (Å²) in [4.78, 5) is 16.7. The third-order valence-electron chi connectivity index (χ3n) is 3.85. The van der Waals surface area contributed by atoms with Crippen LogP contribution in [0.4, 0.5) is 0 Å². The molecule has 0 amide bonds. The molecular formula is C16H21ClN2O3S. The molecule has 5 nitrogen and oxygen atoms in total. The molecule has 7 heteroatoms. The normalized spacial score (nSPS) is 21.9. The van der Waals surface area contributed by atoms with E-state index in [0.717, 1.165) is 9.87 Å². The number of benzene rings is 1. The third-order valence-corrected chi connectivity index (χ3v) is 5.83. The standard InChI is InChI=1S/C16H21ClN2O3S/c1-10-6-8-13(9-7-10)23(21,22)19-14(12(3)20)16(4,5)18-15(19)11(2)17/h6-9,11,14H,1-5H3. The van der Waals surface area contributed by atoms with Crippen molar-refractivity contribution in [1.29, 1.82) is 0 Å². The number of amidine groups is 1. The van der Waals surface area contributed by atoms with Crippen LogP contribution < -0.4 is 0 Å². The molecule has 1 aliphatic heterocycles. The van der Waals surface area contributed by atoms with Crippen LogP contribution in [0, 0.1) is 6.92 Å². The number of halogens is 1. The van der Waals surface area contributed by atoms with Gasteiger partial charge < -0.3 is 0 Å². The second-order valence-corrected chi connectivity index (χ2v) is 8.84. The van der Waals surface area contributed by atoms with Crippen LogP contribution in [0.25, 0.3) is 0 Å². The lowest BCUT2D eigenvalue weighted by molar-refractivity contribution is -0.120. The molecule has 2 atom stereocenters. The Bertz CT molecular complexity index is 752. The number of hydrogen-bond donors (Lipinski definition) is 0. The number of aliphatic imine (C=N–C) groups is 1. The van der Waals surface area contributed by atoms with Crippen molar-refractivity contribution in [2.24, 2.45) is 4.99 Å². The van der Waals surface area contributed by atoms with E-state index in [1.54, 1.807) is 32.9 Å². The van der Waals surface area contributed by atoms with E-state index >= 15 is 0 Å². The van der Waals surface area contributed by atoms with Gasteiger partial charge in [0.1, 0.15) is 11.9 Å². The number of hydrogen-bond acceptors (Lipinski definition) is 4. The zero-order valence-corrected chi connectivity index (χ0v) is 15.4. The maximum Gasteiger partial charge on any atom is 0.266 e. The van der Waals surface area contributed by atoms with Crippen LogP contribution in [0.2, 0.25) is 0 Å². The van der Waals surface area contributed by atoms with Crippen molar-refractivity contribution < 1.29 is 13.2 Å². The SMILES string of the molecule is CC(=O)C1N(S(=O)(=O)c2ccc(C)cc2)C(C(C)Cl)=NC1(C)C. The van der Waals surface area contributed by atoms with E-state index in [-0.39, 0.29) is 16.5 Å². The van der Waals surface area contributed by atoms with E-state index in [0.29, 0.717) is 0 Å². The molecule has 126 valence electrons. The van der Waals surface area contributed by atoms with Gasteiger partial charge in [-0.3, -0.25) is 9.79 Å². The number of carbonyl (C=O) groups excluding carboxylic acids is 1. The summed E-state index contributed by atoms with van der Waals surface area (Å²) < 4.78 is 27.3. The molecular weight excluding hydrogens is 336 g/mol. The number of carbonyl (C=O) groups is 1. The van der Waals surface area contributed by atoms with Crippen molar-refractivity contribution in [3.8, 4) is 0 Å². The molecule has 2 rings (SSSR count). The smallest absolute Gasteiger partial charge is 0.266 e. The van der Waals surface area contributed by atoms with Gasteiger partial charge in [0.2, 0.25) is 0 Å². The Labute approximate surface area is 142 Å². The molecule has 0 bridgehead atoms. The van der Waals surface area contributed by atoms with Crippen LogP contribution in [-0.4, -0.2) is 41.3 Å². The van der Waals surface area contributed by atoms with Gasteiger partial charge in [-0.05, 0) is 46.8 Å². The van der Waals surface area contributed by atoms with Crippen LogP contribution in [0.1, 0.15) is 33.3 Å². The van der Waals surface area contributed by atoms with Crippen LogP contribution in [-0.2, 0) is 14.8 Å². The van der Waals surface area contributed by atoms with Crippen molar-refractivity contribution in [2.75, 3.05) is 0 Å².